The molecule has 0 aliphatic heterocycles. The van der Waals surface area contributed by atoms with Crippen LogP contribution in [-0.4, -0.2) is 17.3 Å². The van der Waals surface area contributed by atoms with Crippen LogP contribution in [0.2, 0.25) is 0 Å². The van der Waals surface area contributed by atoms with Crippen LogP contribution in [-0.2, 0) is 12.7 Å². The fraction of sp³-hybridized carbons (Fsp3) is 0.231. The number of alkyl halides is 3. The van der Waals surface area contributed by atoms with Crippen LogP contribution in [0.3, 0.4) is 0 Å². The number of ether oxygens (including phenoxy) is 1. The third kappa shape index (κ3) is 3.37. The molecule has 0 spiro atoms. The van der Waals surface area contributed by atoms with Gasteiger partial charge in [-0.1, -0.05) is 18.2 Å². The van der Waals surface area contributed by atoms with Crippen molar-refractivity contribution in [2.45, 2.75) is 12.7 Å². The predicted molar refractivity (Wildman–Crippen MR) is 67.4 cm³/mol. The first-order chi connectivity index (χ1) is 9.50. The summed E-state index contributed by atoms with van der Waals surface area (Å²) in [5.74, 6) is 0.962. The second kappa shape index (κ2) is 5.77. The number of nitrogens with one attached hydrogen (secondary N) is 1. The van der Waals surface area contributed by atoms with Crippen molar-refractivity contribution in [2.75, 3.05) is 12.4 Å². The highest BCUT2D eigenvalue weighted by atomic mass is 19.4. The molecule has 0 saturated carbocycles. The summed E-state index contributed by atoms with van der Waals surface area (Å²) in [5, 5.41) is 9.52. The Kier molecular flexibility index (Phi) is 4.07. The number of halogens is 3. The normalized spacial score (nSPS) is 11.2. The van der Waals surface area contributed by atoms with Gasteiger partial charge in [-0.05, 0) is 18.2 Å². The molecule has 4 nitrogen and oxygen atoms in total. The van der Waals surface area contributed by atoms with E-state index in [4.69, 9.17) is 4.74 Å². The van der Waals surface area contributed by atoms with Gasteiger partial charge in [0.05, 0.1) is 7.11 Å². The van der Waals surface area contributed by atoms with E-state index < -0.39 is 11.9 Å². The molecule has 0 aliphatic carbocycles. The van der Waals surface area contributed by atoms with Crippen LogP contribution in [0.5, 0.6) is 5.75 Å². The first-order valence-corrected chi connectivity index (χ1v) is 5.77. The average Bonchev–Trinajstić information content (AvgIpc) is 2.45. The van der Waals surface area contributed by atoms with E-state index >= 15 is 0 Å². The molecule has 1 N–H and O–H groups in total. The van der Waals surface area contributed by atoms with Gasteiger partial charge < -0.3 is 10.1 Å². The second-order valence-electron chi connectivity index (χ2n) is 3.97. The monoisotopic (exact) mass is 283 g/mol. The molecule has 1 aromatic heterocycles. The number of nitrogens with zero attached hydrogens (tertiary/aromatic N) is 2. The summed E-state index contributed by atoms with van der Waals surface area (Å²) >= 11 is 0. The number of aromatic nitrogens is 2. The van der Waals surface area contributed by atoms with Crippen molar-refractivity contribution < 1.29 is 17.9 Å². The molecule has 1 heterocycles. The summed E-state index contributed by atoms with van der Waals surface area (Å²) in [7, 11) is 1.55. The van der Waals surface area contributed by atoms with Gasteiger partial charge in [0, 0.05) is 12.1 Å². The van der Waals surface area contributed by atoms with Crippen molar-refractivity contribution >= 4 is 5.82 Å². The van der Waals surface area contributed by atoms with Crippen LogP contribution in [0.1, 0.15) is 11.3 Å². The minimum atomic E-state index is -4.48. The first kappa shape index (κ1) is 14.1. The Morgan fingerprint density at radius 2 is 1.85 bits per heavy atom. The minimum Gasteiger partial charge on any atom is -0.496 e. The van der Waals surface area contributed by atoms with Crippen molar-refractivity contribution in [2.24, 2.45) is 0 Å². The van der Waals surface area contributed by atoms with Crippen LogP contribution < -0.4 is 10.1 Å². The van der Waals surface area contributed by atoms with Crippen molar-refractivity contribution in [3.63, 3.8) is 0 Å². The third-order valence-corrected chi connectivity index (χ3v) is 2.61. The zero-order valence-electron chi connectivity index (χ0n) is 10.6. The molecule has 0 bridgehead atoms. The van der Waals surface area contributed by atoms with E-state index in [2.05, 4.69) is 15.5 Å². The van der Waals surface area contributed by atoms with Gasteiger partial charge in [-0.15, -0.1) is 10.2 Å². The van der Waals surface area contributed by atoms with Gasteiger partial charge in [0.1, 0.15) is 11.6 Å². The molecule has 2 rings (SSSR count). The second-order valence-corrected chi connectivity index (χ2v) is 3.97. The van der Waals surface area contributed by atoms with Crippen molar-refractivity contribution in [3.8, 4) is 5.75 Å². The Balaban J connectivity index is 2.04. The average molecular weight is 283 g/mol. The summed E-state index contributed by atoms with van der Waals surface area (Å²) in [6.45, 7) is 0.379. The molecular formula is C13H12F3N3O. The highest BCUT2D eigenvalue weighted by Crippen LogP contribution is 2.27. The summed E-state index contributed by atoms with van der Waals surface area (Å²) in [4.78, 5) is 0. The number of para-hydroxylation sites is 1. The topological polar surface area (TPSA) is 47.0 Å². The highest BCUT2D eigenvalue weighted by Gasteiger charge is 2.32. The molecule has 0 atom stereocenters. The van der Waals surface area contributed by atoms with E-state index in [1.165, 1.54) is 6.07 Å². The maximum absolute atomic E-state index is 12.3. The Labute approximate surface area is 113 Å². The third-order valence-electron chi connectivity index (χ3n) is 2.61. The largest absolute Gasteiger partial charge is 0.496 e. The van der Waals surface area contributed by atoms with Crippen LogP contribution in [0.15, 0.2) is 36.4 Å². The number of hydrogen-bond donors (Lipinski definition) is 1. The van der Waals surface area contributed by atoms with Gasteiger partial charge in [0.15, 0.2) is 5.69 Å². The fourth-order valence-corrected chi connectivity index (χ4v) is 1.61. The van der Waals surface area contributed by atoms with Gasteiger partial charge in [-0.3, -0.25) is 0 Å². The molecule has 0 unspecified atom stereocenters. The summed E-state index contributed by atoms with van der Waals surface area (Å²) in [6, 6.07) is 9.46. The van der Waals surface area contributed by atoms with E-state index in [1.807, 2.05) is 18.2 Å². The summed E-state index contributed by atoms with van der Waals surface area (Å²) < 4.78 is 42.2. The molecule has 20 heavy (non-hydrogen) atoms. The fourth-order valence-electron chi connectivity index (χ4n) is 1.61. The lowest BCUT2D eigenvalue weighted by atomic mass is 10.2. The van der Waals surface area contributed by atoms with Gasteiger partial charge in [0.25, 0.3) is 0 Å². The van der Waals surface area contributed by atoms with Crippen molar-refractivity contribution in [1.29, 1.82) is 0 Å². The van der Waals surface area contributed by atoms with Crippen LogP contribution >= 0.6 is 0 Å². The van der Waals surface area contributed by atoms with Gasteiger partial charge in [-0.25, -0.2) is 0 Å². The first-order valence-electron chi connectivity index (χ1n) is 5.77. The molecular weight excluding hydrogens is 271 g/mol. The molecule has 0 saturated heterocycles. The Bertz CT molecular complexity index is 570. The molecule has 0 amide bonds. The van der Waals surface area contributed by atoms with E-state index in [0.29, 0.717) is 12.3 Å². The van der Waals surface area contributed by atoms with Crippen LogP contribution in [0, 0.1) is 0 Å². The standard InChI is InChI=1S/C13H12F3N3O/c1-20-10-5-3-2-4-9(10)8-17-12-7-6-11(18-19-12)13(14,15)16/h2-7H,8H2,1H3,(H,17,19). The Hall–Kier alpha value is -2.31. The number of hydrogen-bond acceptors (Lipinski definition) is 4. The molecule has 1 aromatic carbocycles. The molecule has 0 aliphatic rings. The minimum absolute atomic E-state index is 0.268. The molecule has 7 heteroatoms. The lowest BCUT2D eigenvalue weighted by Crippen LogP contribution is -2.10. The molecule has 0 radical (unpaired) electrons. The quantitative estimate of drug-likeness (QED) is 0.936. The van der Waals surface area contributed by atoms with Crippen LogP contribution in [0.25, 0.3) is 0 Å². The smallest absolute Gasteiger partial charge is 0.435 e. The van der Waals surface area contributed by atoms with Crippen molar-refractivity contribution in [1.82, 2.24) is 10.2 Å². The van der Waals surface area contributed by atoms with E-state index in [1.54, 1.807) is 13.2 Å². The van der Waals surface area contributed by atoms with Gasteiger partial charge >= 0.3 is 6.18 Å². The van der Waals surface area contributed by atoms with Gasteiger partial charge in [-0.2, -0.15) is 13.2 Å². The number of anilines is 1. The molecule has 2 aromatic rings. The van der Waals surface area contributed by atoms with Crippen molar-refractivity contribution in [3.05, 3.63) is 47.7 Å². The molecule has 0 fully saturated rings. The predicted octanol–water partition coefficient (Wildman–Crippen LogP) is 3.12. The number of methoxy groups -OCH3 is 1. The van der Waals surface area contributed by atoms with Crippen LogP contribution in [0.4, 0.5) is 19.0 Å². The lowest BCUT2D eigenvalue weighted by molar-refractivity contribution is -0.141. The zero-order chi connectivity index (χ0) is 14.6. The number of benzene rings is 1. The van der Waals surface area contributed by atoms with E-state index in [-0.39, 0.29) is 5.82 Å². The Morgan fingerprint density at radius 3 is 2.45 bits per heavy atom. The lowest BCUT2D eigenvalue weighted by Gasteiger charge is -2.10. The SMILES string of the molecule is COc1ccccc1CNc1ccc(C(F)(F)F)nn1. The number of rotatable bonds is 4. The molecule has 106 valence electrons. The summed E-state index contributed by atoms with van der Waals surface area (Å²) in [5.41, 5.74) is -0.142. The maximum atomic E-state index is 12.3. The van der Waals surface area contributed by atoms with E-state index in [0.717, 1.165) is 11.6 Å². The maximum Gasteiger partial charge on any atom is 0.435 e. The zero-order valence-corrected chi connectivity index (χ0v) is 10.6. The van der Waals surface area contributed by atoms with Gasteiger partial charge in [0.2, 0.25) is 0 Å². The summed E-state index contributed by atoms with van der Waals surface area (Å²) in [6.07, 6.45) is -4.48. The van der Waals surface area contributed by atoms with E-state index in [9.17, 15) is 13.2 Å². The highest BCUT2D eigenvalue weighted by molar-refractivity contribution is 5.39. The Morgan fingerprint density at radius 1 is 1.10 bits per heavy atom.